The van der Waals surface area contributed by atoms with E-state index in [1.807, 2.05) is 48.7 Å². The Labute approximate surface area is 156 Å². The van der Waals surface area contributed by atoms with Gasteiger partial charge in [0.05, 0.1) is 6.20 Å². The zero-order valence-corrected chi connectivity index (χ0v) is 14.8. The van der Waals surface area contributed by atoms with Crippen molar-refractivity contribution in [2.45, 2.75) is 0 Å². The highest BCUT2D eigenvalue weighted by molar-refractivity contribution is 6.30. The van der Waals surface area contributed by atoms with Crippen LogP contribution in [-0.4, -0.2) is 46.3 Å². The minimum atomic E-state index is 0.623. The molecule has 0 aliphatic carbocycles. The lowest BCUT2D eigenvalue weighted by Gasteiger charge is -2.35. The summed E-state index contributed by atoms with van der Waals surface area (Å²) >= 11 is 6.02. The zero-order chi connectivity index (χ0) is 17.8. The van der Waals surface area contributed by atoms with Gasteiger partial charge in [-0.3, -0.25) is 0 Å². The third-order valence-corrected chi connectivity index (χ3v) is 4.42. The van der Waals surface area contributed by atoms with Crippen LogP contribution in [0, 0.1) is 0 Å². The molecule has 1 saturated heterocycles. The maximum absolute atomic E-state index is 6.02. The van der Waals surface area contributed by atoms with Crippen molar-refractivity contribution in [1.82, 2.24) is 20.2 Å². The first kappa shape index (κ1) is 16.5. The van der Waals surface area contributed by atoms with Gasteiger partial charge in [-0.05, 0) is 30.3 Å². The molecule has 1 fully saturated rings. The van der Waals surface area contributed by atoms with Gasteiger partial charge in [0.25, 0.3) is 0 Å². The van der Waals surface area contributed by atoms with Crippen LogP contribution in [0.3, 0.4) is 0 Å². The van der Waals surface area contributed by atoms with Gasteiger partial charge in [0.1, 0.15) is 5.82 Å². The molecule has 0 amide bonds. The molecule has 3 heterocycles. The van der Waals surface area contributed by atoms with Crippen LogP contribution in [0.25, 0.3) is 0 Å². The van der Waals surface area contributed by atoms with E-state index in [1.54, 1.807) is 6.20 Å². The second kappa shape index (κ2) is 7.53. The van der Waals surface area contributed by atoms with Gasteiger partial charge in [-0.15, -0.1) is 5.10 Å². The smallest absolute Gasteiger partial charge is 0.247 e. The number of hydrogen-bond acceptors (Lipinski definition) is 7. The van der Waals surface area contributed by atoms with E-state index < -0.39 is 0 Å². The number of rotatable bonds is 4. The Morgan fingerprint density at radius 2 is 1.81 bits per heavy atom. The minimum Gasteiger partial charge on any atom is -0.353 e. The SMILES string of the molecule is Clc1cccc(Nc2cnnc(N3CCN(c4ccccn4)CC3)n2)c1. The Morgan fingerprint density at radius 1 is 0.962 bits per heavy atom. The number of nitrogens with one attached hydrogen (secondary N) is 1. The lowest BCUT2D eigenvalue weighted by Crippen LogP contribution is -2.47. The predicted octanol–water partition coefficient (Wildman–Crippen LogP) is 2.99. The normalized spacial score (nSPS) is 14.3. The first-order valence-corrected chi connectivity index (χ1v) is 8.79. The summed E-state index contributed by atoms with van der Waals surface area (Å²) in [4.78, 5) is 13.4. The topological polar surface area (TPSA) is 70.1 Å². The van der Waals surface area contributed by atoms with Crippen molar-refractivity contribution in [1.29, 1.82) is 0 Å². The highest BCUT2D eigenvalue weighted by Crippen LogP contribution is 2.20. The minimum absolute atomic E-state index is 0.623. The van der Waals surface area contributed by atoms with Gasteiger partial charge in [-0.2, -0.15) is 10.1 Å². The quantitative estimate of drug-likeness (QED) is 0.760. The van der Waals surface area contributed by atoms with Gasteiger partial charge in [0, 0.05) is 43.1 Å². The van der Waals surface area contributed by atoms with E-state index in [-0.39, 0.29) is 0 Å². The van der Waals surface area contributed by atoms with E-state index in [9.17, 15) is 0 Å². The van der Waals surface area contributed by atoms with Crippen LogP contribution in [0.4, 0.5) is 23.3 Å². The molecule has 0 radical (unpaired) electrons. The first-order chi connectivity index (χ1) is 12.8. The van der Waals surface area contributed by atoms with Gasteiger partial charge >= 0.3 is 0 Å². The van der Waals surface area contributed by atoms with Crippen LogP contribution in [0.15, 0.2) is 54.9 Å². The second-order valence-corrected chi connectivity index (χ2v) is 6.38. The van der Waals surface area contributed by atoms with Gasteiger partial charge < -0.3 is 15.1 Å². The molecule has 0 saturated carbocycles. The van der Waals surface area contributed by atoms with Crippen LogP contribution < -0.4 is 15.1 Å². The predicted molar refractivity (Wildman–Crippen MR) is 103 cm³/mol. The van der Waals surface area contributed by atoms with Crippen LogP contribution in [-0.2, 0) is 0 Å². The lowest BCUT2D eigenvalue weighted by molar-refractivity contribution is 0.630. The molecule has 0 atom stereocenters. The number of halogens is 1. The Kier molecular flexibility index (Phi) is 4.79. The largest absolute Gasteiger partial charge is 0.353 e. The summed E-state index contributed by atoms with van der Waals surface area (Å²) in [6.07, 6.45) is 3.42. The summed E-state index contributed by atoms with van der Waals surface area (Å²) in [6, 6.07) is 13.5. The molecule has 3 aromatic rings. The second-order valence-electron chi connectivity index (χ2n) is 5.94. The van der Waals surface area contributed by atoms with Crippen molar-refractivity contribution in [2.75, 3.05) is 41.3 Å². The molecule has 1 aromatic carbocycles. The van der Waals surface area contributed by atoms with Crippen LogP contribution in [0.5, 0.6) is 0 Å². The molecule has 0 bridgehead atoms. The van der Waals surface area contributed by atoms with Crippen molar-refractivity contribution in [3.05, 3.63) is 59.9 Å². The molecule has 1 N–H and O–H groups in total. The molecule has 0 unspecified atom stereocenters. The number of benzene rings is 1. The van der Waals surface area contributed by atoms with Crippen molar-refractivity contribution in [3.63, 3.8) is 0 Å². The maximum Gasteiger partial charge on any atom is 0.247 e. The molecule has 132 valence electrons. The fourth-order valence-corrected chi connectivity index (χ4v) is 3.07. The average molecular weight is 368 g/mol. The number of pyridine rings is 1. The molecule has 4 rings (SSSR count). The van der Waals surface area contributed by atoms with E-state index in [0.29, 0.717) is 16.8 Å². The Hall–Kier alpha value is -2.93. The maximum atomic E-state index is 6.02. The van der Waals surface area contributed by atoms with Crippen molar-refractivity contribution >= 4 is 34.9 Å². The summed E-state index contributed by atoms with van der Waals surface area (Å²) < 4.78 is 0. The van der Waals surface area contributed by atoms with E-state index in [4.69, 9.17) is 11.6 Å². The Bertz CT molecular complexity index is 866. The first-order valence-electron chi connectivity index (χ1n) is 8.41. The molecular formula is C18H18ClN7. The summed E-state index contributed by atoms with van der Waals surface area (Å²) in [5.41, 5.74) is 0.865. The fraction of sp³-hybridized carbons (Fsp3) is 0.222. The van der Waals surface area contributed by atoms with Crippen LogP contribution >= 0.6 is 11.6 Å². The van der Waals surface area contributed by atoms with E-state index in [1.165, 1.54) is 0 Å². The van der Waals surface area contributed by atoms with Gasteiger partial charge in [-0.1, -0.05) is 23.7 Å². The van der Waals surface area contributed by atoms with Crippen LogP contribution in [0.1, 0.15) is 0 Å². The molecule has 0 spiro atoms. The van der Waals surface area contributed by atoms with E-state index in [2.05, 4.69) is 35.3 Å². The standard InChI is InChI=1S/C18H18ClN7/c19-14-4-3-5-15(12-14)22-16-13-21-24-18(23-16)26-10-8-25(9-11-26)17-6-1-2-7-20-17/h1-7,12-13H,8-11H2,(H,22,23,24). The molecular weight excluding hydrogens is 350 g/mol. The zero-order valence-electron chi connectivity index (χ0n) is 14.1. The summed E-state index contributed by atoms with van der Waals surface area (Å²) in [6.45, 7) is 3.37. The number of hydrogen-bond donors (Lipinski definition) is 1. The molecule has 1 aliphatic heterocycles. The average Bonchev–Trinajstić information content (AvgIpc) is 2.69. The third kappa shape index (κ3) is 3.83. The van der Waals surface area contributed by atoms with Gasteiger partial charge in [-0.25, -0.2) is 4.98 Å². The highest BCUT2D eigenvalue weighted by Gasteiger charge is 2.20. The van der Waals surface area contributed by atoms with Crippen molar-refractivity contribution in [3.8, 4) is 0 Å². The highest BCUT2D eigenvalue weighted by atomic mass is 35.5. The summed E-state index contributed by atoms with van der Waals surface area (Å²) in [5.74, 6) is 2.27. The molecule has 8 heteroatoms. The molecule has 2 aromatic heterocycles. The molecule has 7 nitrogen and oxygen atoms in total. The third-order valence-electron chi connectivity index (χ3n) is 4.18. The number of nitrogens with zero attached hydrogens (tertiary/aromatic N) is 6. The summed E-state index contributed by atoms with van der Waals surface area (Å²) in [5, 5.41) is 12.1. The Morgan fingerprint density at radius 3 is 2.58 bits per heavy atom. The number of piperazine rings is 1. The molecule has 26 heavy (non-hydrogen) atoms. The van der Waals surface area contributed by atoms with Crippen molar-refractivity contribution in [2.24, 2.45) is 0 Å². The van der Waals surface area contributed by atoms with E-state index >= 15 is 0 Å². The Balaban J connectivity index is 1.43. The lowest BCUT2D eigenvalue weighted by atomic mass is 10.3. The van der Waals surface area contributed by atoms with Gasteiger partial charge in [0.15, 0.2) is 5.82 Å². The monoisotopic (exact) mass is 367 g/mol. The number of anilines is 4. The fourth-order valence-electron chi connectivity index (χ4n) is 2.88. The molecule has 1 aliphatic rings. The van der Waals surface area contributed by atoms with E-state index in [0.717, 1.165) is 37.7 Å². The summed E-state index contributed by atoms with van der Waals surface area (Å²) in [7, 11) is 0. The van der Waals surface area contributed by atoms with Gasteiger partial charge in [0.2, 0.25) is 5.95 Å². The number of aromatic nitrogens is 4. The van der Waals surface area contributed by atoms with Crippen molar-refractivity contribution < 1.29 is 0 Å². The van der Waals surface area contributed by atoms with Crippen LogP contribution in [0.2, 0.25) is 5.02 Å².